The molecule has 0 fully saturated rings. The van der Waals surface area contributed by atoms with E-state index in [0.717, 1.165) is 29.1 Å². The molecule has 0 spiro atoms. The van der Waals surface area contributed by atoms with Gasteiger partial charge in [-0.2, -0.15) is 0 Å². The zero-order valence-electron chi connectivity index (χ0n) is 23.2. The van der Waals surface area contributed by atoms with Gasteiger partial charge in [-0.25, -0.2) is 0 Å². The molecular weight excluding hydrogens is 492 g/mol. The number of carbonyl (C=O) groups excluding carboxylic acids is 2. The summed E-state index contributed by atoms with van der Waals surface area (Å²) in [7, 11) is 1.63. The molecule has 38 heavy (non-hydrogen) atoms. The van der Waals surface area contributed by atoms with E-state index in [0.29, 0.717) is 18.7 Å². The lowest BCUT2D eigenvalue weighted by Gasteiger charge is -2.32. The molecule has 0 unspecified atom stereocenters. The Hall–Kier alpha value is -3.25. The highest BCUT2D eigenvalue weighted by atomic mass is 32.2. The van der Waals surface area contributed by atoms with Crippen molar-refractivity contribution in [1.29, 1.82) is 0 Å². The molecule has 0 radical (unpaired) electrons. The minimum absolute atomic E-state index is 0.0217. The number of amides is 2. The SMILES string of the molecule is CC[C@H](C)NC(=O)[C@@H](Cc1ccccc1)N(Cc1cccc(OC)c1)C(=O)CSCc1cc(C)cc(C)c1. The maximum atomic E-state index is 13.8. The summed E-state index contributed by atoms with van der Waals surface area (Å²) in [6.07, 6.45) is 1.26. The number of rotatable bonds is 13. The molecule has 3 rings (SSSR count). The van der Waals surface area contributed by atoms with Gasteiger partial charge in [0.05, 0.1) is 12.9 Å². The molecule has 6 heteroatoms. The number of benzene rings is 3. The standard InChI is InChI=1S/C32H40N2O3S/c1-6-25(4)33-32(36)30(19-26-11-8-7-9-12-26)34(20-27-13-10-14-29(18-27)37-5)31(35)22-38-21-28-16-23(2)15-24(3)17-28/h7-18,25,30H,6,19-22H2,1-5H3,(H,33,36)/t25-,30+/m0/s1. The molecule has 2 amide bonds. The lowest BCUT2D eigenvalue weighted by molar-refractivity contribution is -0.139. The predicted molar refractivity (Wildman–Crippen MR) is 157 cm³/mol. The zero-order valence-corrected chi connectivity index (χ0v) is 24.0. The Kier molecular flexibility index (Phi) is 11.3. The smallest absolute Gasteiger partial charge is 0.243 e. The number of carbonyl (C=O) groups is 2. The number of hydrogen-bond donors (Lipinski definition) is 1. The second-order valence-electron chi connectivity index (χ2n) is 9.89. The predicted octanol–water partition coefficient (Wildman–Crippen LogP) is 6.10. The Bertz CT molecular complexity index is 1180. The van der Waals surface area contributed by atoms with Gasteiger partial charge in [-0.1, -0.05) is 78.7 Å². The van der Waals surface area contributed by atoms with Crippen LogP contribution >= 0.6 is 11.8 Å². The van der Waals surface area contributed by atoms with Crippen LogP contribution in [0.3, 0.4) is 0 Å². The van der Waals surface area contributed by atoms with Crippen LogP contribution in [0.5, 0.6) is 5.75 Å². The van der Waals surface area contributed by atoms with Crippen molar-refractivity contribution in [3.05, 3.63) is 101 Å². The van der Waals surface area contributed by atoms with E-state index in [1.807, 2.05) is 68.4 Å². The molecule has 3 aromatic rings. The molecule has 0 aliphatic carbocycles. The summed E-state index contributed by atoms with van der Waals surface area (Å²) in [6.45, 7) is 8.54. The Morgan fingerprint density at radius 3 is 2.26 bits per heavy atom. The van der Waals surface area contributed by atoms with E-state index >= 15 is 0 Å². The lowest BCUT2D eigenvalue weighted by atomic mass is 10.0. The number of thioether (sulfide) groups is 1. The van der Waals surface area contributed by atoms with Crippen LogP contribution in [0.2, 0.25) is 0 Å². The van der Waals surface area contributed by atoms with E-state index < -0.39 is 6.04 Å². The van der Waals surface area contributed by atoms with Crippen LogP contribution in [-0.2, 0) is 28.3 Å². The summed E-state index contributed by atoms with van der Waals surface area (Å²) in [5, 5.41) is 3.12. The normalized spacial score (nSPS) is 12.4. The van der Waals surface area contributed by atoms with Crippen LogP contribution in [0, 0.1) is 13.8 Å². The van der Waals surface area contributed by atoms with Gasteiger partial charge in [0, 0.05) is 24.8 Å². The first-order valence-corrected chi connectivity index (χ1v) is 14.4. The van der Waals surface area contributed by atoms with Crippen molar-refractivity contribution in [2.24, 2.45) is 0 Å². The van der Waals surface area contributed by atoms with E-state index in [1.165, 1.54) is 16.7 Å². The van der Waals surface area contributed by atoms with Crippen molar-refractivity contribution in [2.45, 2.75) is 64.9 Å². The Balaban J connectivity index is 1.88. The quantitative estimate of drug-likeness (QED) is 0.289. The first kappa shape index (κ1) is 29.3. The van der Waals surface area contributed by atoms with Crippen molar-refractivity contribution < 1.29 is 14.3 Å². The molecule has 0 bridgehead atoms. The molecule has 0 heterocycles. The molecule has 0 aliphatic rings. The van der Waals surface area contributed by atoms with Crippen LogP contribution in [-0.4, -0.2) is 41.7 Å². The molecule has 0 aromatic heterocycles. The fraction of sp³-hybridized carbons (Fsp3) is 0.375. The molecular formula is C32H40N2O3S. The fourth-order valence-corrected chi connectivity index (χ4v) is 5.30. The topological polar surface area (TPSA) is 58.6 Å². The maximum absolute atomic E-state index is 13.8. The Morgan fingerprint density at radius 1 is 0.921 bits per heavy atom. The Morgan fingerprint density at radius 2 is 1.61 bits per heavy atom. The fourth-order valence-electron chi connectivity index (χ4n) is 4.45. The van der Waals surface area contributed by atoms with Crippen LogP contribution in [0.1, 0.15) is 48.1 Å². The average molecular weight is 533 g/mol. The number of nitrogens with zero attached hydrogens (tertiary/aromatic N) is 1. The third-order valence-corrected chi connectivity index (χ3v) is 7.52. The summed E-state index contributed by atoms with van der Waals surface area (Å²) in [6, 6.07) is 23.5. The molecule has 0 saturated carbocycles. The monoisotopic (exact) mass is 532 g/mol. The van der Waals surface area contributed by atoms with Crippen LogP contribution in [0.25, 0.3) is 0 Å². The summed E-state index contributed by atoms with van der Waals surface area (Å²) in [5.74, 6) is 1.58. The molecule has 2 atom stereocenters. The number of ether oxygens (including phenoxy) is 1. The number of nitrogens with one attached hydrogen (secondary N) is 1. The third-order valence-electron chi connectivity index (χ3n) is 6.53. The van der Waals surface area contributed by atoms with Gasteiger partial charge in [0.2, 0.25) is 11.8 Å². The minimum Gasteiger partial charge on any atom is -0.497 e. The summed E-state index contributed by atoms with van der Waals surface area (Å²) < 4.78 is 5.41. The molecule has 3 aromatic carbocycles. The Labute approximate surface area is 232 Å². The van der Waals surface area contributed by atoms with Crippen molar-refractivity contribution in [2.75, 3.05) is 12.9 Å². The van der Waals surface area contributed by atoms with E-state index in [4.69, 9.17) is 4.74 Å². The van der Waals surface area contributed by atoms with Gasteiger partial charge < -0.3 is 15.0 Å². The van der Waals surface area contributed by atoms with Crippen LogP contribution in [0.15, 0.2) is 72.8 Å². The van der Waals surface area contributed by atoms with Gasteiger partial charge in [-0.3, -0.25) is 9.59 Å². The number of hydrogen-bond acceptors (Lipinski definition) is 4. The summed E-state index contributed by atoms with van der Waals surface area (Å²) >= 11 is 1.58. The van der Waals surface area contributed by atoms with E-state index in [1.54, 1.807) is 23.8 Å². The van der Waals surface area contributed by atoms with Crippen molar-refractivity contribution >= 4 is 23.6 Å². The lowest BCUT2D eigenvalue weighted by Crippen LogP contribution is -2.52. The van der Waals surface area contributed by atoms with Crippen molar-refractivity contribution in [3.8, 4) is 5.75 Å². The van der Waals surface area contributed by atoms with Gasteiger partial charge in [-0.05, 0) is 56.0 Å². The third kappa shape index (κ3) is 8.95. The first-order chi connectivity index (χ1) is 18.3. The highest BCUT2D eigenvalue weighted by Gasteiger charge is 2.31. The number of aryl methyl sites for hydroxylation is 2. The molecule has 0 aliphatic heterocycles. The van der Waals surface area contributed by atoms with Gasteiger partial charge in [0.15, 0.2) is 0 Å². The molecule has 202 valence electrons. The molecule has 0 saturated heterocycles. The highest BCUT2D eigenvalue weighted by molar-refractivity contribution is 7.99. The number of methoxy groups -OCH3 is 1. The second kappa shape index (κ2) is 14.6. The first-order valence-electron chi connectivity index (χ1n) is 13.2. The maximum Gasteiger partial charge on any atom is 0.243 e. The van der Waals surface area contributed by atoms with E-state index in [2.05, 4.69) is 37.4 Å². The second-order valence-corrected chi connectivity index (χ2v) is 10.9. The highest BCUT2D eigenvalue weighted by Crippen LogP contribution is 2.21. The molecule has 5 nitrogen and oxygen atoms in total. The van der Waals surface area contributed by atoms with Crippen LogP contribution < -0.4 is 10.1 Å². The van der Waals surface area contributed by atoms with Gasteiger partial charge in [0.1, 0.15) is 11.8 Å². The van der Waals surface area contributed by atoms with E-state index in [-0.39, 0.29) is 17.9 Å². The largest absolute Gasteiger partial charge is 0.497 e. The van der Waals surface area contributed by atoms with Gasteiger partial charge in [-0.15, -0.1) is 11.8 Å². The van der Waals surface area contributed by atoms with Crippen LogP contribution in [0.4, 0.5) is 0 Å². The summed E-state index contributed by atoms with van der Waals surface area (Å²) in [4.78, 5) is 29.2. The van der Waals surface area contributed by atoms with E-state index in [9.17, 15) is 9.59 Å². The van der Waals surface area contributed by atoms with Crippen molar-refractivity contribution in [1.82, 2.24) is 10.2 Å². The summed E-state index contributed by atoms with van der Waals surface area (Å²) in [5.41, 5.74) is 5.58. The van der Waals surface area contributed by atoms with Gasteiger partial charge in [0.25, 0.3) is 0 Å². The zero-order chi connectivity index (χ0) is 27.5. The average Bonchev–Trinajstić information content (AvgIpc) is 2.90. The molecule has 1 N–H and O–H groups in total. The minimum atomic E-state index is -0.632. The van der Waals surface area contributed by atoms with Gasteiger partial charge >= 0.3 is 0 Å². The van der Waals surface area contributed by atoms with Crippen molar-refractivity contribution in [3.63, 3.8) is 0 Å².